The zero-order valence-electron chi connectivity index (χ0n) is 10.8. The van der Waals surface area contributed by atoms with Gasteiger partial charge in [-0.3, -0.25) is 0 Å². The summed E-state index contributed by atoms with van der Waals surface area (Å²) < 4.78 is 0. The van der Waals surface area contributed by atoms with Gasteiger partial charge in [0.25, 0.3) is 0 Å². The summed E-state index contributed by atoms with van der Waals surface area (Å²) in [6.07, 6.45) is 1.02. The molecule has 100 valence electrons. The Bertz CT molecular complexity index is 594. The maximum atomic E-state index is 6.19. The third kappa shape index (κ3) is 3.62. The van der Waals surface area contributed by atoms with Crippen molar-refractivity contribution in [2.45, 2.75) is 20.3 Å². The predicted molar refractivity (Wildman–Crippen MR) is 83.2 cm³/mol. The number of halogens is 3. The van der Waals surface area contributed by atoms with Gasteiger partial charge >= 0.3 is 0 Å². The largest absolute Gasteiger partial charge is 0.233 e. The van der Waals surface area contributed by atoms with Gasteiger partial charge in [-0.05, 0) is 30.0 Å². The van der Waals surface area contributed by atoms with Crippen LogP contribution in [0.1, 0.15) is 19.4 Å². The van der Waals surface area contributed by atoms with Gasteiger partial charge in [0.1, 0.15) is 5.15 Å². The standard InChI is InChI=1S/C15H14Cl3N/c1-9(2)6-10-4-3-5-11(7-10)14-12(16)8-13(17)15(18)19-14/h3-5,7-9H,6H2,1-2H3. The first kappa shape index (κ1) is 14.6. The summed E-state index contributed by atoms with van der Waals surface area (Å²) in [5, 5.41) is 1.15. The van der Waals surface area contributed by atoms with Crippen LogP contribution < -0.4 is 0 Å². The van der Waals surface area contributed by atoms with Gasteiger partial charge in [0, 0.05) is 5.56 Å². The van der Waals surface area contributed by atoms with Crippen LogP contribution in [0.4, 0.5) is 0 Å². The highest BCUT2D eigenvalue weighted by atomic mass is 35.5. The van der Waals surface area contributed by atoms with E-state index in [0.29, 0.717) is 21.7 Å². The molecule has 4 heteroatoms. The fourth-order valence-electron chi connectivity index (χ4n) is 1.96. The number of rotatable bonds is 3. The average molecular weight is 315 g/mol. The molecule has 0 radical (unpaired) electrons. The molecular weight excluding hydrogens is 301 g/mol. The summed E-state index contributed by atoms with van der Waals surface area (Å²) in [5.74, 6) is 0.604. The number of pyridine rings is 1. The highest BCUT2D eigenvalue weighted by Crippen LogP contribution is 2.32. The molecule has 1 aromatic carbocycles. The minimum Gasteiger partial charge on any atom is -0.233 e. The second kappa shape index (κ2) is 6.13. The molecule has 0 N–H and O–H groups in total. The molecule has 0 bridgehead atoms. The number of benzene rings is 1. The van der Waals surface area contributed by atoms with Gasteiger partial charge in [-0.15, -0.1) is 0 Å². The Morgan fingerprint density at radius 2 is 1.79 bits per heavy atom. The van der Waals surface area contributed by atoms with Crippen LogP contribution in [0.5, 0.6) is 0 Å². The van der Waals surface area contributed by atoms with Crippen LogP contribution in [0.2, 0.25) is 15.2 Å². The number of hydrogen-bond acceptors (Lipinski definition) is 1. The molecule has 1 heterocycles. The summed E-state index contributed by atoms with van der Waals surface area (Å²) in [4.78, 5) is 4.26. The number of hydrogen-bond donors (Lipinski definition) is 0. The molecule has 0 aliphatic rings. The highest BCUT2D eigenvalue weighted by Gasteiger charge is 2.10. The van der Waals surface area contributed by atoms with E-state index >= 15 is 0 Å². The topological polar surface area (TPSA) is 12.9 Å². The summed E-state index contributed by atoms with van der Waals surface area (Å²) >= 11 is 18.0. The van der Waals surface area contributed by atoms with E-state index in [4.69, 9.17) is 34.8 Å². The van der Waals surface area contributed by atoms with Crippen molar-refractivity contribution in [3.05, 3.63) is 51.1 Å². The Hall–Kier alpha value is -0.760. The zero-order valence-corrected chi connectivity index (χ0v) is 13.0. The van der Waals surface area contributed by atoms with Crippen molar-refractivity contribution in [2.24, 2.45) is 5.92 Å². The van der Waals surface area contributed by atoms with E-state index in [9.17, 15) is 0 Å². The monoisotopic (exact) mass is 313 g/mol. The van der Waals surface area contributed by atoms with E-state index in [1.165, 1.54) is 5.56 Å². The van der Waals surface area contributed by atoms with E-state index in [-0.39, 0.29) is 5.15 Å². The first-order valence-corrected chi connectivity index (χ1v) is 7.21. The summed E-state index contributed by atoms with van der Waals surface area (Å²) in [6, 6.07) is 9.81. The Labute approximate surface area is 128 Å². The highest BCUT2D eigenvalue weighted by molar-refractivity contribution is 6.42. The van der Waals surface area contributed by atoms with Crippen LogP contribution >= 0.6 is 34.8 Å². The van der Waals surface area contributed by atoms with E-state index in [1.54, 1.807) is 6.07 Å². The van der Waals surface area contributed by atoms with E-state index in [0.717, 1.165) is 12.0 Å². The second-order valence-electron chi connectivity index (χ2n) is 4.89. The number of aromatic nitrogens is 1. The molecule has 1 nitrogen and oxygen atoms in total. The Morgan fingerprint density at radius 3 is 2.47 bits per heavy atom. The van der Waals surface area contributed by atoms with Gasteiger partial charge in [-0.1, -0.05) is 66.8 Å². The summed E-state index contributed by atoms with van der Waals surface area (Å²) in [7, 11) is 0. The van der Waals surface area contributed by atoms with Gasteiger partial charge in [-0.25, -0.2) is 4.98 Å². The van der Waals surface area contributed by atoms with Crippen LogP contribution in [0.15, 0.2) is 30.3 Å². The molecule has 2 rings (SSSR count). The molecule has 0 fully saturated rings. The molecule has 0 unspecified atom stereocenters. The van der Waals surface area contributed by atoms with Crippen molar-refractivity contribution in [1.29, 1.82) is 0 Å². The SMILES string of the molecule is CC(C)Cc1cccc(-c2nc(Cl)c(Cl)cc2Cl)c1. The smallest absolute Gasteiger partial charge is 0.148 e. The zero-order chi connectivity index (χ0) is 14.0. The fraction of sp³-hybridized carbons (Fsp3) is 0.267. The van der Waals surface area contributed by atoms with Gasteiger partial charge in [-0.2, -0.15) is 0 Å². The fourth-order valence-corrected chi connectivity index (χ4v) is 2.57. The maximum absolute atomic E-state index is 6.19. The Balaban J connectivity index is 2.44. The predicted octanol–water partition coefficient (Wildman–Crippen LogP) is 5.91. The molecular formula is C15H14Cl3N. The average Bonchev–Trinajstić information content (AvgIpc) is 2.33. The van der Waals surface area contributed by atoms with E-state index in [1.807, 2.05) is 12.1 Å². The molecule has 0 saturated carbocycles. The van der Waals surface area contributed by atoms with E-state index in [2.05, 4.69) is 31.0 Å². The third-order valence-electron chi connectivity index (χ3n) is 2.73. The van der Waals surface area contributed by atoms with Crippen molar-refractivity contribution >= 4 is 34.8 Å². The molecule has 0 amide bonds. The molecule has 0 atom stereocenters. The first-order valence-electron chi connectivity index (χ1n) is 6.08. The molecule has 0 spiro atoms. The van der Waals surface area contributed by atoms with Crippen LogP contribution in [0, 0.1) is 5.92 Å². The summed E-state index contributed by atoms with van der Waals surface area (Å²) in [5.41, 5.74) is 2.89. The van der Waals surface area contributed by atoms with Gasteiger partial charge in [0.05, 0.1) is 15.7 Å². The van der Waals surface area contributed by atoms with Crippen molar-refractivity contribution in [3.63, 3.8) is 0 Å². The molecule has 19 heavy (non-hydrogen) atoms. The van der Waals surface area contributed by atoms with Crippen LogP contribution in [-0.2, 0) is 6.42 Å². The van der Waals surface area contributed by atoms with Gasteiger partial charge in [0.15, 0.2) is 0 Å². The van der Waals surface area contributed by atoms with Crippen molar-refractivity contribution < 1.29 is 0 Å². The Morgan fingerprint density at radius 1 is 1.05 bits per heavy atom. The quantitative estimate of drug-likeness (QED) is 0.642. The van der Waals surface area contributed by atoms with Gasteiger partial charge < -0.3 is 0 Å². The van der Waals surface area contributed by atoms with Crippen LogP contribution in [0.25, 0.3) is 11.3 Å². The minimum absolute atomic E-state index is 0.273. The second-order valence-corrected chi connectivity index (χ2v) is 6.06. The van der Waals surface area contributed by atoms with Gasteiger partial charge in [0.2, 0.25) is 0 Å². The lowest BCUT2D eigenvalue weighted by molar-refractivity contribution is 0.647. The lowest BCUT2D eigenvalue weighted by Crippen LogP contribution is -1.95. The minimum atomic E-state index is 0.273. The molecule has 0 aliphatic heterocycles. The molecule has 2 aromatic rings. The normalized spacial score (nSPS) is 11.1. The molecule has 0 aliphatic carbocycles. The summed E-state index contributed by atoms with van der Waals surface area (Å²) in [6.45, 7) is 4.38. The van der Waals surface area contributed by atoms with Crippen molar-refractivity contribution in [3.8, 4) is 11.3 Å². The lowest BCUT2D eigenvalue weighted by atomic mass is 10.00. The number of nitrogens with zero attached hydrogens (tertiary/aromatic N) is 1. The third-order valence-corrected chi connectivity index (χ3v) is 3.69. The maximum Gasteiger partial charge on any atom is 0.148 e. The van der Waals surface area contributed by atoms with E-state index < -0.39 is 0 Å². The first-order chi connectivity index (χ1) is 8.97. The molecule has 1 aromatic heterocycles. The van der Waals surface area contributed by atoms with Crippen LogP contribution in [0.3, 0.4) is 0 Å². The Kier molecular flexibility index (Phi) is 4.72. The lowest BCUT2D eigenvalue weighted by Gasteiger charge is -2.09. The van der Waals surface area contributed by atoms with Crippen molar-refractivity contribution in [2.75, 3.05) is 0 Å². The molecule has 0 saturated heterocycles. The van der Waals surface area contributed by atoms with Crippen LogP contribution in [-0.4, -0.2) is 4.98 Å². The van der Waals surface area contributed by atoms with Crippen molar-refractivity contribution in [1.82, 2.24) is 4.98 Å².